The lowest BCUT2D eigenvalue weighted by molar-refractivity contribution is -0.140. The Kier molecular flexibility index (Phi) is 3.93. The van der Waals surface area contributed by atoms with Gasteiger partial charge in [-0.2, -0.15) is 5.26 Å². The van der Waals surface area contributed by atoms with Gasteiger partial charge in [0.15, 0.2) is 5.41 Å². The number of benzene rings is 1. The third kappa shape index (κ3) is 2.18. The van der Waals surface area contributed by atoms with Crippen molar-refractivity contribution in [3.8, 4) is 6.07 Å². The summed E-state index contributed by atoms with van der Waals surface area (Å²) in [6.45, 7) is 3.22. The van der Waals surface area contributed by atoms with Gasteiger partial charge in [-0.15, -0.1) is 0 Å². The zero-order valence-electron chi connectivity index (χ0n) is 13.5. The topological polar surface area (TPSA) is 114 Å². The molecule has 0 aromatic heterocycles. The maximum absolute atomic E-state index is 13.0. The minimum atomic E-state index is -1.76. The number of rotatable bonds is 2. The smallest absolute Gasteiger partial charge is 0.339 e. The van der Waals surface area contributed by atoms with Crippen LogP contribution in [0.15, 0.2) is 41.0 Å². The number of ether oxygens (including phenoxy) is 2. The summed E-state index contributed by atoms with van der Waals surface area (Å²) in [7, 11) is 0. The zero-order valence-corrected chi connectivity index (χ0v) is 14.2. The van der Waals surface area contributed by atoms with Gasteiger partial charge in [-0.3, -0.25) is 4.79 Å². The summed E-state index contributed by atoms with van der Waals surface area (Å²) in [5, 5.41) is 12.7. The fraction of sp³-hybridized carbons (Fsp3) is 0.235. The van der Waals surface area contributed by atoms with Crippen molar-refractivity contribution in [2.75, 3.05) is 11.9 Å². The molecule has 1 amide bonds. The molecule has 1 aromatic carbocycles. The largest absolute Gasteiger partial charge is 0.462 e. The summed E-state index contributed by atoms with van der Waals surface area (Å²) in [5.74, 6) is -1.49. The Morgan fingerprint density at radius 3 is 2.88 bits per heavy atom. The zero-order chi connectivity index (χ0) is 18.4. The van der Waals surface area contributed by atoms with Crippen LogP contribution in [0.1, 0.15) is 19.4 Å². The van der Waals surface area contributed by atoms with Gasteiger partial charge in [0.2, 0.25) is 11.8 Å². The van der Waals surface area contributed by atoms with Crippen LogP contribution in [0.3, 0.4) is 0 Å². The van der Waals surface area contributed by atoms with Crippen molar-refractivity contribution >= 4 is 29.2 Å². The number of nitrogens with zero attached hydrogens (tertiary/aromatic N) is 1. The molecule has 1 unspecified atom stereocenters. The maximum Gasteiger partial charge on any atom is 0.339 e. The Morgan fingerprint density at radius 1 is 1.52 bits per heavy atom. The van der Waals surface area contributed by atoms with E-state index in [1.165, 1.54) is 13.0 Å². The molecular weight excluding hydrogens is 346 g/mol. The Morgan fingerprint density at radius 2 is 2.24 bits per heavy atom. The number of esters is 1. The van der Waals surface area contributed by atoms with Crippen LogP contribution in [0, 0.1) is 11.3 Å². The summed E-state index contributed by atoms with van der Waals surface area (Å²) < 4.78 is 10.4. The van der Waals surface area contributed by atoms with Crippen molar-refractivity contribution in [1.29, 1.82) is 5.26 Å². The molecule has 2 aliphatic rings. The van der Waals surface area contributed by atoms with Crippen LogP contribution in [0.2, 0.25) is 5.02 Å². The first kappa shape index (κ1) is 16.9. The van der Waals surface area contributed by atoms with E-state index in [2.05, 4.69) is 5.32 Å². The van der Waals surface area contributed by atoms with Crippen LogP contribution in [-0.4, -0.2) is 18.5 Å². The monoisotopic (exact) mass is 359 g/mol. The van der Waals surface area contributed by atoms with Gasteiger partial charge in [0.25, 0.3) is 0 Å². The average molecular weight is 360 g/mol. The van der Waals surface area contributed by atoms with Crippen molar-refractivity contribution in [1.82, 2.24) is 0 Å². The van der Waals surface area contributed by atoms with Crippen molar-refractivity contribution < 1.29 is 19.1 Å². The molecule has 1 aromatic rings. The van der Waals surface area contributed by atoms with E-state index in [0.29, 0.717) is 16.3 Å². The van der Waals surface area contributed by atoms with Gasteiger partial charge in [-0.05, 0) is 32.0 Å². The predicted molar refractivity (Wildman–Crippen MR) is 89.0 cm³/mol. The molecule has 0 saturated heterocycles. The molecule has 3 N–H and O–H groups in total. The van der Waals surface area contributed by atoms with Gasteiger partial charge < -0.3 is 20.5 Å². The molecule has 1 spiro atoms. The Hall–Kier alpha value is -2.98. The van der Waals surface area contributed by atoms with Crippen LogP contribution in [0.4, 0.5) is 5.69 Å². The first-order chi connectivity index (χ1) is 11.9. The number of nitrogens with two attached hydrogens (primary N) is 1. The van der Waals surface area contributed by atoms with Crippen LogP contribution >= 0.6 is 11.6 Å². The normalized spacial score (nSPS) is 21.6. The number of fused-ring (bicyclic) bond motifs is 2. The van der Waals surface area contributed by atoms with Crippen LogP contribution in [0.25, 0.3) is 0 Å². The highest BCUT2D eigenvalue weighted by atomic mass is 35.5. The summed E-state index contributed by atoms with van der Waals surface area (Å²) >= 11 is 6.09. The SMILES string of the molecule is CCOC(=O)C1=C(C)OC(N)=C(C#N)C12C(=O)Nc1ccc(Cl)cc12. The van der Waals surface area contributed by atoms with E-state index in [1.807, 2.05) is 6.07 Å². The second-order valence-electron chi connectivity index (χ2n) is 5.50. The minimum Gasteiger partial charge on any atom is -0.462 e. The molecule has 128 valence electrons. The van der Waals surface area contributed by atoms with Crippen LogP contribution in [0.5, 0.6) is 0 Å². The van der Waals surface area contributed by atoms with E-state index < -0.39 is 17.3 Å². The summed E-state index contributed by atoms with van der Waals surface area (Å²) in [5.41, 5.74) is 4.64. The highest BCUT2D eigenvalue weighted by Gasteiger charge is 2.59. The van der Waals surface area contributed by atoms with Gasteiger partial charge in [0.05, 0.1) is 6.61 Å². The second-order valence-corrected chi connectivity index (χ2v) is 5.94. The fourth-order valence-corrected chi connectivity index (χ4v) is 3.42. The molecule has 1 atom stereocenters. The number of halogens is 1. The number of nitrogens with one attached hydrogen (secondary N) is 1. The summed E-state index contributed by atoms with van der Waals surface area (Å²) in [6, 6.07) is 6.63. The third-order valence-electron chi connectivity index (χ3n) is 4.18. The van der Waals surface area contributed by atoms with Gasteiger partial charge in [0.1, 0.15) is 23.0 Å². The van der Waals surface area contributed by atoms with E-state index in [-0.39, 0.29) is 29.4 Å². The van der Waals surface area contributed by atoms with E-state index in [4.69, 9.17) is 26.8 Å². The van der Waals surface area contributed by atoms with Gasteiger partial charge in [0, 0.05) is 16.3 Å². The number of hydrogen-bond acceptors (Lipinski definition) is 6. The molecule has 0 radical (unpaired) electrons. The summed E-state index contributed by atoms with van der Waals surface area (Å²) in [4.78, 5) is 25.6. The number of carbonyl (C=O) groups is 2. The molecule has 2 aliphatic heterocycles. The molecule has 8 heteroatoms. The number of hydrogen-bond donors (Lipinski definition) is 2. The second kappa shape index (κ2) is 5.83. The number of carbonyl (C=O) groups excluding carboxylic acids is 2. The Labute approximate surface area is 148 Å². The molecule has 25 heavy (non-hydrogen) atoms. The molecular formula is C17H14ClN3O4. The lowest BCUT2D eigenvalue weighted by Crippen LogP contribution is -2.45. The van der Waals surface area contributed by atoms with Crippen LogP contribution < -0.4 is 11.1 Å². The standard InChI is InChI=1S/C17H14ClN3O4/c1-3-24-15(22)13-8(2)25-14(20)11(7-19)17(13)10-6-9(18)4-5-12(10)21-16(17)23/h4-6H,3,20H2,1-2H3,(H,21,23). The van der Waals surface area contributed by atoms with Gasteiger partial charge in [-0.1, -0.05) is 11.6 Å². The molecule has 3 rings (SSSR count). The number of nitriles is 1. The van der Waals surface area contributed by atoms with Gasteiger partial charge >= 0.3 is 5.97 Å². The van der Waals surface area contributed by atoms with Crippen molar-refractivity contribution in [2.24, 2.45) is 5.73 Å². The number of amides is 1. The minimum absolute atomic E-state index is 0.0846. The highest BCUT2D eigenvalue weighted by molar-refractivity contribution is 6.31. The third-order valence-corrected chi connectivity index (χ3v) is 4.41. The lowest BCUT2D eigenvalue weighted by Gasteiger charge is -2.33. The predicted octanol–water partition coefficient (Wildman–Crippen LogP) is 2.09. The average Bonchev–Trinajstić information content (AvgIpc) is 2.81. The lowest BCUT2D eigenvalue weighted by atomic mass is 9.68. The molecule has 0 aliphatic carbocycles. The van der Waals surface area contributed by atoms with Crippen LogP contribution in [-0.2, 0) is 24.5 Å². The fourth-order valence-electron chi connectivity index (χ4n) is 3.25. The van der Waals surface area contributed by atoms with Crippen molar-refractivity contribution in [3.63, 3.8) is 0 Å². The summed E-state index contributed by atoms with van der Waals surface area (Å²) in [6.07, 6.45) is 0. The molecule has 2 heterocycles. The highest BCUT2D eigenvalue weighted by Crippen LogP contribution is 2.52. The van der Waals surface area contributed by atoms with E-state index in [9.17, 15) is 14.9 Å². The first-order valence-corrected chi connectivity index (χ1v) is 7.83. The van der Waals surface area contributed by atoms with Gasteiger partial charge in [-0.25, -0.2) is 4.79 Å². The Bertz CT molecular complexity index is 913. The number of anilines is 1. The maximum atomic E-state index is 13.0. The molecule has 0 saturated carbocycles. The Balaban J connectivity index is 2.41. The first-order valence-electron chi connectivity index (χ1n) is 7.46. The molecule has 7 nitrogen and oxygen atoms in total. The molecule has 0 fully saturated rings. The van der Waals surface area contributed by atoms with Crippen molar-refractivity contribution in [2.45, 2.75) is 19.3 Å². The quantitative estimate of drug-likeness (QED) is 0.781. The van der Waals surface area contributed by atoms with Crippen molar-refractivity contribution in [3.05, 3.63) is 51.6 Å². The number of allylic oxidation sites excluding steroid dienone is 1. The van der Waals surface area contributed by atoms with E-state index >= 15 is 0 Å². The van der Waals surface area contributed by atoms with E-state index in [1.54, 1.807) is 19.1 Å². The van der Waals surface area contributed by atoms with E-state index in [0.717, 1.165) is 0 Å². The molecule has 0 bridgehead atoms.